The molecule has 0 spiro atoms. The first kappa shape index (κ1) is 12.7. The van der Waals surface area contributed by atoms with Crippen molar-refractivity contribution in [2.75, 3.05) is 36.8 Å². The van der Waals surface area contributed by atoms with E-state index >= 15 is 0 Å². The van der Waals surface area contributed by atoms with Crippen LogP contribution in [0.1, 0.15) is 6.92 Å². The lowest BCUT2D eigenvalue weighted by Crippen LogP contribution is -2.48. The van der Waals surface area contributed by atoms with Crippen molar-refractivity contribution < 1.29 is 4.79 Å². The molecule has 5 nitrogen and oxygen atoms in total. The van der Waals surface area contributed by atoms with E-state index in [0.717, 1.165) is 48.3 Å². The lowest BCUT2D eigenvalue weighted by atomic mass is 10.1. The summed E-state index contributed by atoms with van der Waals surface area (Å²) < 4.78 is 0. The molecular formula is C15H18N4O. The van der Waals surface area contributed by atoms with Gasteiger partial charge in [0.2, 0.25) is 5.91 Å². The Balaban J connectivity index is 1.92. The Morgan fingerprint density at radius 3 is 2.60 bits per heavy atom. The predicted molar refractivity (Wildman–Crippen MR) is 80.6 cm³/mol. The van der Waals surface area contributed by atoms with Gasteiger partial charge in [-0.1, -0.05) is 0 Å². The highest BCUT2D eigenvalue weighted by Gasteiger charge is 2.20. The van der Waals surface area contributed by atoms with Gasteiger partial charge in [-0.2, -0.15) is 0 Å². The first-order valence-electron chi connectivity index (χ1n) is 6.79. The maximum absolute atomic E-state index is 11.4. The quantitative estimate of drug-likeness (QED) is 0.797. The number of anilines is 2. The standard InChI is InChI=1S/C15H18N4O/c1-11(20)18-6-8-19(9-7-18)15-3-2-14(16)12-4-5-17-10-13(12)15/h2-5,10H,6-9,16H2,1H3. The van der Waals surface area contributed by atoms with Gasteiger partial charge in [0.1, 0.15) is 0 Å². The molecule has 1 amide bonds. The number of pyridine rings is 1. The van der Waals surface area contributed by atoms with Crippen LogP contribution >= 0.6 is 0 Å². The van der Waals surface area contributed by atoms with E-state index in [9.17, 15) is 4.79 Å². The predicted octanol–water partition coefficient (Wildman–Crippen LogP) is 1.49. The molecule has 2 heterocycles. The van der Waals surface area contributed by atoms with E-state index in [1.165, 1.54) is 0 Å². The molecule has 0 bridgehead atoms. The maximum atomic E-state index is 11.4. The zero-order valence-electron chi connectivity index (χ0n) is 11.5. The van der Waals surface area contributed by atoms with Crippen LogP contribution in [0.25, 0.3) is 10.8 Å². The summed E-state index contributed by atoms with van der Waals surface area (Å²) in [5.74, 6) is 0.147. The van der Waals surface area contributed by atoms with Crippen molar-refractivity contribution in [2.24, 2.45) is 0 Å². The van der Waals surface area contributed by atoms with Crippen LogP contribution in [0.4, 0.5) is 11.4 Å². The molecule has 104 valence electrons. The van der Waals surface area contributed by atoms with E-state index < -0.39 is 0 Å². The van der Waals surface area contributed by atoms with Crippen molar-refractivity contribution >= 4 is 28.1 Å². The lowest BCUT2D eigenvalue weighted by molar-refractivity contribution is -0.129. The summed E-state index contributed by atoms with van der Waals surface area (Å²) in [6.45, 7) is 4.84. The molecule has 0 radical (unpaired) electrons. The third-order valence-electron chi connectivity index (χ3n) is 3.89. The van der Waals surface area contributed by atoms with Gasteiger partial charge in [-0.05, 0) is 18.2 Å². The summed E-state index contributed by atoms with van der Waals surface area (Å²) in [4.78, 5) is 19.8. The minimum Gasteiger partial charge on any atom is -0.398 e. The summed E-state index contributed by atoms with van der Waals surface area (Å²) in [5, 5.41) is 2.11. The largest absolute Gasteiger partial charge is 0.398 e. The minimum atomic E-state index is 0.147. The average molecular weight is 270 g/mol. The van der Waals surface area contributed by atoms with E-state index in [2.05, 4.69) is 9.88 Å². The Morgan fingerprint density at radius 2 is 1.90 bits per heavy atom. The number of carbonyl (C=O) groups excluding carboxylic acids is 1. The summed E-state index contributed by atoms with van der Waals surface area (Å²) in [5.41, 5.74) is 7.93. The Morgan fingerprint density at radius 1 is 1.15 bits per heavy atom. The first-order chi connectivity index (χ1) is 9.66. The van der Waals surface area contributed by atoms with Gasteiger partial charge in [0, 0.05) is 67.6 Å². The molecule has 0 aliphatic carbocycles. The number of rotatable bonds is 1. The number of fused-ring (bicyclic) bond motifs is 1. The average Bonchev–Trinajstić information content (AvgIpc) is 2.48. The summed E-state index contributed by atoms with van der Waals surface area (Å²) in [6, 6.07) is 5.93. The highest BCUT2D eigenvalue weighted by atomic mass is 16.2. The van der Waals surface area contributed by atoms with Crippen molar-refractivity contribution in [3.63, 3.8) is 0 Å². The van der Waals surface area contributed by atoms with Gasteiger partial charge in [0.05, 0.1) is 0 Å². The van der Waals surface area contributed by atoms with Crippen molar-refractivity contribution in [3.8, 4) is 0 Å². The molecule has 20 heavy (non-hydrogen) atoms. The molecule has 1 saturated heterocycles. The van der Waals surface area contributed by atoms with Gasteiger partial charge in [-0.15, -0.1) is 0 Å². The van der Waals surface area contributed by atoms with Crippen molar-refractivity contribution in [1.82, 2.24) is 9.88 Å². The second-order valence-electron chi connectivity index (χ2n) is 5.09. The summed E-state index contributed by atoms with van der Waals surface area (Å²) >= 11 is 0. The number of nitrogen functional groups attached to an aromatic ring is 1. The molecule has 1 aliphatic heterocycles. The molecule has 1 aliphatic rings. The molecule has 0 saturated carbocycles. The number of hydrogen-bond donors (Lipinski definition) is 1. The van der Waals surface area contributed by atoms with Crippen molar-refractivity contribution in [1.29, 1.82) is 0 Å². The van der Waals surface area contributed by atoms with Crippen LogP contribution in [0.3, 0.4) is 0 Å². The lowest BCUT2D eigenvalue weighted by Gasteiger charge is -2.36. The van der Waals surface area contributed by atoms with Crippen molar-refractivity contribution in [2.45, 2.75) is 6.92 Å². The molecular weight excluding hydrogens is 252 g/mol. The van der Waals surface area contributed by atoms with Crippen molar-refractivity contribution in [3.05, 3.63) is 30.6 Å². The fourth-order valence-electron chi connectivity index (χ4n) is 2.74. The monoisotopic (exact) mass is 270 g/mol. The smallest absolute Gasteiger partial charge is 0.219 e. The molecule has 1 aromatic carbocycles. The molecule has 2 aromatic rings. The second-order valence-corrected chi connectivity index (χ2v) is 5.09. The number of nitrogens with two attached hydrogens (primary N) is 1. The number of benzene rings is 1. The Hall–Kier alpha value is -2.30. The molecule has 1 fully saturated rings. The molecule has 2 N–H and O–H groups in total. The van der Waals surface area contributed by atoms with Gasteiger partial charge in [-0.25, -0.2) is 0 Å². The number of piperazine rings is 1. The number of hydrogen-bond acceptors (Lipinski definition) is 4. The molecule has 3 rings (SSSR count). The number of nitrogens with zero attached hydrogens (tertiary/aromatic N) is 3. The van der Waals surface area contributed by atoms with Gasteiger partial charge in [0.25, 0.3) is 0 Å². The summed E-state index contributed by atoms with van der Waals surface area (Å²) in [6.07, 6.45) is 3.62. The fraction of sp³-hybridized carbons (Fsp3) is 0.333. The van der Waals surface area contributed by atoms with E-state index in [-0.39, 0.29) is 5.91 Å². The molecule has 5 heteroatoms. The minimum absolute atomic E-state index is 0.147. The van der Waals surface area contributed by atoms with E-state index in [0.29, 0.717) is 0 Å². The zero-order valence-corrected chi connectivity index (χ0v) is 11.5. The highest BCUT2D eigenvalue weighted by Crippen LogP contribution is 2.30. The van der Waals surface area contributed by atoms with Crippen LogP contribution in [0.2, 0.25) is 0 Å². The topological polar surface area (TPSA) is 62.5 Å². The Kier molecular flexibility index (Phi) is 3.18. The van der Waals surface area contributed by atoms with E-state index in [1.807, 2.05) is 29.3 Å². The molecule has 1 aromatic heterocycles. The van der Waals surface area contributed by atoms with E-state index in [1.54, 1.807) is 13.1 Å². The van der Waals surface area contributed by atoms with Crippen LogP contribution in [0, 0.1) is 0 Å². The Bertz CT molecular complexity index is 647. The van der Waals surface area contributed by atoms with Gasteiger partial charge in [-0.3, -0.25) is 9.78 Å². The third kappa shape index (κ3) is 2.15. The molecule has 0 atom stereocenters. The number of carbonyl (C=O) groups is 1. The second kappa shape index (κ2) is 5.00. The number of amides is 1. The molecule has 0 unspecified atom stereocenters. The van der Waals surface area contributed by atoms with Crippen LogP contribution in [-0.2, 0) is 4.79 Å². The number of aromatic nitrogens is 1. The highest BCUT2D eigenvalue weighted by molar-refractivity contribution is 6.00. The van der Waals surface area contributed by atoms with Gasteiger partial charge >= 0.3 is 0 Å². The van der Waals surface area contributed by atoms with Crippen LogP contribution in [0.15, 0.2) is 30.6 Å². The summed E-state index contributed by atoms with van der Waals surface area (Å²) in [7, 11) is 0. The Labute approximate surface area is 118 Å². The van der Waals surface area contributed by atoms with Gasteiger partial charge < -0.3 is 15.5 Å². The maximum Gasteiger partial charge on any atom is 0.219 e. The van der Waals surface area contributed by atoms with Crippen LogP contribution in [0.5, 0.6) is 0 Å². The normalized spacial score (nSPS) is 15.7. The van der Waals surface area contributed by atoms with E-state index in [4.69, 9.17) is 5.73 Å². The fourth-order valence-corrected chi connectivity index (χ4v) is 2.74. The first-order valence-corrected chi connectivity index (χ1v) is 6.79. The zero-order chi connectivity index (χ0) is 14.1. The van der Waals surface area contributed by atoms with Gasteiger partial charge in [0.15, 0.2) is 0 Å². The third-order valence-corrected chi connectivity index (χ3v) is 3.89. The van der Waals surface area contributed by atoms with Crippen LogP contribution in [-0.4, -0.2) is 42.0 Å². The van der Waals surface area contributed by atoms with Crippen LogP contribution < -0.4 is 10.6 Å². The SMILES string of the molecule is CC(=O)N1CCN(c2ccc(N)c3ccncc23)CC1.